The van der Waals surface area contributed by atoms with E-state index in [1.54, 1.807) is 45.3 Å². The van der Waals surface area contributed by atoms with Crippen molar-refractivity contribution in [2.75, 3.05) is 0 Å². The number of hydrogen-bond acceptors (Lipinski definition) is 4. The van der Waals surface area contributed by atoms with Gasteiger partial charge in [-0.1, -0.05) is 18.2 Å². The highest BCUT2D eigenvalue weighted by molar-refractivity contribution is 7.28. The van der Waals surface area contributed by atoms with Gasteiger partial charge in [0.05, 0.1) is 5.56 Å². The van der Waals surface area contributed by atoms with Crippen LogP contribution in [-0.4, -0.2) is 0 Å². The maximum atomic E-state index is 12.8. The van der Waals surface area contributed by atoms with Crippen molar-refractivity contribution < 1.29 is 13.2 Å². The van der Waals surface area contributed by atoms with Crippen LogP contribution in [0.15, 0.2) is 78.2 Å². The van der Waals surface area contributed by atoms with Crippen molar-refractivity contribution in [3.8, 4) is 39.7 Å². The minimum Gasteiger partial charge on any atom is -0.166 e. The molecule has 7 heteroatoms. The van der Waals surface area contributed by atoms with Crippen LogP contribution < -0.4 is 0 Å². The molecule has 0 saturated carbocycles. The highest BCUT2D eigenvalue weighted by Gasteiger charge is 2.30. The Morgan fingerprint density at radius 3 is 1.43 bits per heavy atom. The number of rotatable bonds is 4. The summed E-state index contributed by atoms with van der Waals surface area (Å²) < 4.78 is 38.3. The van der Waals surface area contributed by atoms with E-state index in [4.69, 9.17) is 0 Å². The Morgan fingerprint density at radius 2 is 0.967 bits per heavy atom. The summed E-state index contributed by atoms with van der Waals surface area (Å²) in [7, 11) is 0. The minimum absolute atomic E-state index is 0.621. The van der Waals surface area contributed by atoms with Crippen LogP contribution in [-0.2, 0) is 6.18 Å². The fourth-order valence-corrected chi connectivity index (χ4v) is 7.11. The molecule has 0 aliphatic rings. The van der Waals surface area contributed by atoms with Crippen molar-refractivity contribution in [2.45, 2.75) is 6.18 Å². The molecule has 0 fully saturated rings. The topological polar surface area (TPSA) is 0 Å². The molecule has 150 valence electrons. The van der Waals surface area contributed by atoms with Crippen LogP contribution in [0.4, 0.5) is 13.2 Å². The number of halogens is 3. The molecule has 30 heavy (non-hydrogen) atoms. The van der Waals surface area contributed by atoms with E-state index < -0.39 is 11.7 Å². The molecule has 0 nitrogen and oxygen atoms in total. The van der Waals surface area contributed by atoms with Gasteiger partial charge in [-0.05, 0) is 65.5 Å². The Bertz CT molecular complexity index is 1270. The fourth-order valence-electron chi connectivity index (χ4n) is 3.07. The van der Waals surface area contributed by atoms with Gasteiger partial charge in [0.1, 0.15) is 0 Å². The van der Waals surface area contributed by atoms with Gasteiger partial charge in [-0.2, -0.15) is 13.2 Å². The highest BCUT2D eigenvalue weighted by atomic mass is 32.1. The van der Waals surface area contributed by atoms with Crippen molar-refractivity contribution >= 4 is 45.3 Å². The number of alkyl halides is 3. The maximum Gasteiger partial charge on any atom is 0.416 e. The summed E-state index contributed by atoms with van der Waals surface area (Å²) in [6, 6.07) is 22.2. The van der Waals surface area contributed by atoms with Crippen LogP contribution in [0.3, 0.4) is 0 Å². The predicted molar refractivity (Wildman–Crippen MR) is 125 cm³/mol. The van der Waals surface area contributed by atoms with Gasteiger partial charge in [0.15, 0.2) is 0 Å². The Morgan fingerprint density at radius 1 is 0.500 bits per heavy atom. The summed E-state index contributed by atoms with van der Waals surface area (Å²) in [6.07, 6.45) is -4.31. The van der Waals surface area contributed by atoms with Crippen LogP contribution >= 0.6 is 45.3 Å². The standard InChI is InChI=1S/C23H13F3S4/c24-23(25,26)15-5-3-14(4-6-15)16-7-8-19(28-16)20-11-12-22(30-20)21-10-9-18(29-21)17-2-1-13-27-17/h1-13H. The lowest BCUT2D eigenvalue weighted by molar-refractivity contribution is -0.137. The lowest BCUT2D eigenvalue weighted by atomic mass is 10.1. The average Bonchev–Trinajstić information content (AvgIpc) is 3.53. The second kappa shape index (κ2) is 7.81. The van der Waals surface area contributed by atoms with Gasteiger partial charge >= 0.3 is 6.18 Å². The fraction of sp³-hybridized carbons (Fsp3) is 0.0435. The van der Waals surface area contributed by atoms with E-state index in [-0.39, 0.29) is 0 Å². The summed E-state index contributed by atoms with van der Waals surface area (Å²) in [5, 5.41) is 2.09. The molecular weight excluding hydrogens is 462 g/mol. The van der Waals surface area contributed by atoms with Gasteiger partial charge in [0, 0.05) is 34.1 Å². The van der Waals surface area contributed by atoms with Crippen molar-refractivity contribution in [1.82, 2.24) is 0 Å². The van der Waals surface area contributed by atoms with Crippen molar-refractivity contribution in [1.29, 1.82) is 0 Å². The summed E-state index contributed by atoms with van der Waals surface area (Å²) in [5.74, 6) is 0. The van der Waals surface area contributed by atoms with Crippen LogP contribution in [0, 0.1) is 0 Å². The van der Waals surface area contributed by atoms with E-state index in [2.05, 4.69) is 41.8 Å². The van der Waals surface area contributed by atoms with E-state index in [0.29, 0.717) is 0 Å². The molecule has 0 radical (unpaired) electrons. The molecule has 0 aliphatic heterocycles. The third kappa shape index (κ3) is 3.90. The van der Waals surface area contributed by atoms with Crippen molar-refractivity contribution in [2.24, 2.45) is 0 Å². The third-order valence-corrected chi connectivity index (χ3v) is 9.33. The summed E-state index contributed by atoms with van der Waals surface area (Å²) in [6.45, 7) is 0. The molecule has 0 unspecified atom stereocenters. The zero-order valence-electron chi connectivity index (χ0n) is 15.3. The predicted octanol–water partition coefficient (Wildman–Crippen LogP) is 9.62. The summed E-state index contributed by atoms with van der Waals surface area (Å²) in [4.78, 5) is 8.27. The van der Waals surface area contributed by atoms with Gasteiger partial charge in [-0.3, -0.25) is 0 Å². The molecule has 0 atom stereocenters. The Kier molecular flexibility index (Phi) is 5.14. The molecular formula is C23H13F3S4. The van der Waals surface area contributed by atoms with E-state index in [1.807, 2.05) is 12.1 Å². The summed E-state index contributed by atoms with van der Waals surface area (Å²) in [5.41, 5.74) is 0.179. The Labute approximate surface area is 187 Å². The normalized spacial score (nSPS) is 11.8. The first kappa shape index (κ1) is 19.8. The molecule has 4 heterocycles. The zero-order chi connectivity index (χ0) is 20.7. The second-order valence-electron chi connectivity index (χ2n) is 6.54. The number of thiophene rings is 4. The van der Waals surface area contributed by atoms with E-state index >= 15 is 0 Å². The minimum atomic E-state index is -4.31. The first-order valence-corrected chi connectivity index (χ1v) is 12.3. The Balaban J connectivity index is 1.38. The smallest absolute Gasteiger partial charge is 0.166 e. The van der Waals surface area contributed by atoms with E-state index in [0.717, 1.165) is 27.5 Å². The molecule has 0 spiro atoms. The average molecular weight is 475 g/mol. The zero-order valence-corrected chi connectivity index (χ0v) is 18.5. The van der Waals surface area contributed by atoms with E-state index in [1.165, 1.54) is 36.5 Å². The molecule has 5 aromatic rings. The van der Waals surface area contributed by atoms with Crippen LogP contribution in [0.1, 0.15) is 5.56 Å². The van der Waals surface area contributed by atoms with Gasteiger partial charge in [-0.15, -0.1) is 45.3 Å². The van der Waals surface area contributed by atoms with Crippen molar-refractivity contribution in [3.05, 3.63) is 83.7 Å². The number of hydrogen-bond donors (Lipinski definition) is 0. The van der Waals surface area contributed by atoms with Gasteiger partial charge in [-0.25, -0.2) is 0 Å². The highest BCUT2D eigenvalue weighted by Crippen LogP contribution is 2.43. The maximum absolute atomic E-state index is 12.8. The molecule has 0 N–H and O–H groups in total. The molecule has 4 aromatic heterocycles. The van der Waals surface area contributed by atoms with Crippen LogP contribution in [0.5, 0.6) is 0 Å². The Hall–Kier alpha value is -2.19. The van der Waals surface area contributed by atoms with Gasteiger partial charge in [0.25, 0.3) is 0 Å². The van der Waals surface area contributed by atoms with Gasteiger partial charge < -0.3 is 0 Å². The molecule has 5 rings (SSSR count). The first-order chi connectivity index (χ1) is 14.5. The molecule has 0 aliphatic carbocycles. The molecule has 0 bridgehead atoms. The van der Waals surface area contributed by atoms with Crippen molar-refractivity contribution in [3.63, 3.8) is 0 Å². The molecule has 1 aromatic carbocycles. The van der Waals surface area contributed by atoms with Crippen LogP contribution in [0.25, 0.3) is 39.7 Å². The first-order valence-electron chi connectivity index (χ1n) is 8.99. The van der Waals surface area contributed by atoms with Crippen LogP contribution in [0.2, 0.25) is 0 Å². The quantitative estimate of drug-likeness (QED) is 0.243. The largest absolute Gasteiger partial charge is 0.416 e. The lowest BCUT2D eigenvalue weighted by Gasteiger charge is -2.06. The SMILES string of the molecule is FC(F)(F)c1ccc(-c2ccc(-c3ccc(-c4ccc(-c5cccs5)s4)s3)s2)cc1. The molecule has 0 amide bonds. The van der Waals surface area contributed by atoms with Gasteiger partial charge in [0.2, 0.25) is 0 Å². The third-order valence-electron chi connectivity index (χ3n) is 4.56. The number of benzene rings is 1. The molecule has 0 saturated heterocycles. The lowest BCUT2D eigenvalue weighted by Crippen LogP contribution is -2.03. The summed E-state index contributed by atoms with van der Waals surface area (Å²) >= 11 is 6.87. The van der Waals surface area contributed by atoms with E-state index in [9.17, 15) is 13.2 Å². The monoisotopic (exact) mass is 474 g/mol. The second-order valence-corrected chi connectivity index (χ2v) is 10.7.